The van der Waals surface area contributed by atoms with Crippen LogP contribution in [0.1, 0.15) is 24.8 Å². The van der Waals surface area contributed by atoms with Gasteiger partial charge in [-0.1, -0.05) is 6.07 Å². The van der Waals surface area contributed by atoms with Gasteiger partial charge in [-0.05, 0) is 25.3 Å². The van der Waals surface area contributed by atoms with Crippen LogP contribution in [-0.2, 0) is 17.2 Å². The molecule has 0 radical (unpaired) electrons. The van der Waals surface area contributed by atoms with Crippen molar-refractivity contribution in [1.29, 1.82) is 0 Å². The summed E-state index contributed by atoms with van der Waals surface area (Å²) in [6, 6.07) is 3.63. The van der Waals surface area contributed by atoms with Gasteiger partial charge in [0, 0.05) is 18.4 Å². The van der Waals surface area contributed by atoms with Crippen molar-refractivity contribution in [2.24, 2.45) is 0 Å². The fraction of sp³-hybridized carbons (Fsp3) is 0.583. The van der Waals surface area contributed by atoms with E-state index in [0.29, 0.717) is 12.1 Å². The van der Waals surface area contributed by atoms with Crippen LogP contribution in [0.4, 0.5) is 0 Å². The van der Waals surface area contributed by atoms with Crippen molar-refractivity contribution >= 4 is 11.6 Å². The molecule has 1 saturated heterocycles. The van der Waals surface area contributed by atoms with Gasteiger partial charge in [0.1, 0.15) is 0 Å². The molecule has 4 heteroatoms. The lowest BCUT2D eigenvalue weighted by atomic mass is 10.1. The molecule has 0 saturated carbocycles. The van der Waals surface area contributed by atoms with Gasteiger partial charge in [-0.3, -0.25) is 4.79 Å². The van der Waals surface area contributed by atoms with Crippen LogP contribution in [0.25, 0.3) is 0 Å². The Morgan fingerprint density at radius 1 is 1.50 bits per heavy atom. The Balaban J connectivity index is 2.11. The summed E-state index contributed by atoms with van der Waals surface area (Å²) in [4.78, 5) is 11.9. The summed E-state index contributed by atoms with van der Waals surface area (Å²) in [5.41, 5.74) is 0.659. The minimum Gasteiger partial charge on any atom is -0.376 e. The molecule has 1 aromatic heterocycles. The van der Waals surface area contributed by atoms with Gasteiger partial charge in [-0.25, -0.2) is 0 Å². The largest absolute Gasteiger partial charge is 0.376 e. The lowest BCUT2D eigenvalue weighted by molar-refractivity contribution is 0.00540. The summed E-state index contributed by atoms with van der Waals surface area (Å²) in [5, 5.41) is 0. The zero-order chi connectivity index (χ0) is 11.4. The number of halogens is 1. The molecule has 0 unspecified atom stereocenters. The van der Waals surface area contributed by atoms with Crippen LogP contribution in [0, 0.1) is 0 Å². The van der Waals surface area contributed by atoms with E-state index in [2.05, 4.69) is 0 Å². The number of nitrogens with zero attached hydrogens (tertiary/aromatic N) is 1. The molecule has 1 fully saturated rings. The van der Waals surface area contributed by atoms with E-state index in [-0.39, 0.29) is 17.5 Å². The first-order valence-electron chi connectivity index (χ1n) is 5.67. The predicted octanol–water partition coefficient (Wildman–Crippen LogP) is 2.16. The van der Waals surface area contributed by atoms with Gasteiger partial charge in [0.2, 0.25) is 0 Å². The molecule has 1 aliphatic rings. The maximum Gasteiger partial charge on any atom is 0.255 e. The zero-order valence-corrected chi connectivity index (χ0v) is 9.95. The molecule has 2 rings (SSSR count). The van der Waals surface area contributed by atoms with Gasteiger partial charge in [0.25, 0.3) is 5.56 Å². The lowest BCUT2D eigenvalue weighted by Crippen LogP contribution is -2.31. The minimum atomic E-state index is 0.00618. The molecule has 1 aliphatic heterocycles. The van der Waals surface area contributed by atoms with Gasteiger partial charge in [0.15, 0.2) is 0 Å². The van der Waals surface area contributed by atoms with Crippen LogP contribution in [0.5, 0.6) is 0 Å². The van der Waals surface area contributed by atoms with Gasteiger partial charge < -0.3 is 9.30 Å². The number of hydrogen-bond donors (Lipinski definition) is 0. The van der Waals surface area contributed by atoms with Crippen molar-refractivity contribution in [2.45, 2.75) is 37.8 Å². The third-order valence-corrected chi connectivity index (χ3v) is 3.21. The highest BCUT2D eigenvalue weighted by Crippen LogP contribution is 2.13. The van der Waals surface area contributed by atoms with E-state index < -0.39 is 0 Å². The highest BCUT2D eigenvalue weighted by Gasteiger charge is 2.15. The molecule has 0 spiro atoms. The van der Waals surface area contributed by atoms with Crippen LogP contribution < -0.4 is 5.56 Å². The fourth-order valence-electron chi connectivity index (χ4n) is 2.00. The average Bonchev–Trinajstić information content (AvgIpc) is 2.33. The predicted molar refractivity (Wildman–Crippen MR) is 63.9 cm³/mol. The molecule has 88 valence electrons. The quantitative estimate of drug-likeness (QED) is 0.760. The Kier molecular flexibility index (Phi) is 4.02. The molecule has 0 N–H and O–H groups in total. The molecule has 0 amide bonds. The highest BCUT2D eigenvalue weighted by molar-refractivity contribution is 6.17. The van der Waals surface area contributed by atoms with E-state index in [0.717, 1.165) is 19.4 Å². The zero-order valence-electron chi connectivity index (χ0n) is 9.19. The van der Waals surface area contributed by atoms with E-state index in [1.54, 1.807) is 16.8 Å². The van der Waals surface area contributed by atoms with Gasteiger partial charge in [0.05, 0.1) is 18.5 Å². The van der Waals surface area contributed by atoms with Gasteiger partial charge in [-0.15, -0.1) is 11.6 Å². The number of ether oxygens (including phenoxy) is 1. The van der Waals surface area contributed by atoms with E-state index in [1.165, 1.54) is 6.42 Å². The third-order valence-electron chi connectivity index (χ3n) is 2.92. The fourth-order valence-corrected chi connectivity index (χ4v) is 2.21. The van der Waals surface area contributed by atoms with Crippen molar-refractivity contribution in [3.05, 3.63) is 34.2 Å². The molecule has 1 atom stereocenters. The molecule has 16 heavy (non-hydrogen) atoms. The Hall–Kier alpha value is -0.800. The minimum absolute atomic E-state index is 0.00618. The summed E-state index contributed by atoms with van der Waals surface area (Å²) < 4.78 is 7.32. The Bertz CT molecular complexity index is 396. The number of aromatic nitrogens is 1. The van der Waals surface area contributed by atoms with E-state index in [9.17, 15) is 4.79 Å². The SMILES string of the molecule is O=c1c(CCl)cccn1C[C@H]1CCCCO1. The third kappa shape index (κ3) is 2.66. The van der Waals surface area contributed by atoms with Crippen LogP contribution in [0.15, 0.2) is 23.1 Å². The highest BCUT2D eigenvalue weighted by atomic mass is 35.5. The summed E-state index contributed by atoms with van der Waals surface area (Å²) in [7, 11) is 0. The van der Waals surface area contributed by atoms with Crippen LogP contribution in [0.2, 0.25) is 0 Å². The molecular weight excluding hydrogens is 226 g/mol. The number of hydrogen-bond acceptors (Lipinski definition) is 2. The van der Waals surface area contributed by atoms with E-state index in [4.69, 9.17) is 16.3 Å². The van der Waals surface area contributed by atoms with E-state index in [1.807, 2.05) is 6.07 Å². The van der Waals surface area contributed by atoms with Crippen molar-refractivity contribution in [3.63, 3.8) is 0 Å². The Morgan fingerprint density at radius 2 is 2.38 bits per heavy atom. The molecule has 3 nitrogen and oxygen atoms in total. The number of pyridine rings is 1. The number of rotatable bonds is 3. The average molecular weight is 242 g/mol. The summed E-state index contributed by atoms with van der Waals surface area (Å²) in [6.45, 7) is 1.46. The molecule has 2 heterocycles. The summed E-state index contributed by atoms with van der Waals surface area (Å²) in [6.07, 6.45) is 5.34. The van der Waals surface area contributed by atoms with Crippen molar-refractivity contribution in [3.8, 4) is 0 Å². The summed E-state index contributed by atoms with van der Waals surface area (Å²) in [5.74, 6) is 0.269. The van der Waals surface area contributed by atoms with Crippen LogP contribution >= 0.6 is 11.6 Å². The maximum absolute atomic E-state index is 11.9. The molecule has 0 bridgehead atoms. The molecular formula is C12H16ClNO2. The standard InChI is InChI=1S/C12H16ClNO2/c13-8-10-4-3-6-14(12(10)15)9-11-5-1-2-7-16-11/h3-4,6,11H,1-2,5,7-9H2/t11-/m1/s1. The van der Waals surface area contributed by atoms with Gasteiger partial charge >= 0.3 is 0 Å². The first-order chi connectivity index (χ1) is 7.81. The monoisotopic (exact) mass is 241 g/mol. The first-order valence-corrected chi connectivity index (χ1v) is 6.20. The van der Waals surface area contributed by atoms with Crippen LogP contribution in [0.3, 0.4) is 0 Å². The second-order valence-corrected chi connectivity index (χ2v) is 4.38. The normalized spacial score (nSPS) is 20.9. The van der Waals surface area contributed by atoms with Crippen molar-refractivity contribution in [1.82, 2.24) is 4.57 Å². The number of alkyl halides is 1. The maximum atomic E-state index is 11.9. The Labute approximate surface area is 100.0 Å². The van der Waals surface area contributed by atoms with Crippen molar-refractivity contribution < 1.29 is 4.74 Å². The van der Waals surface area contributed by atoms with Crippen LogP contribution in [-0.4, -0.2) is 17.3 Å². The smallest absolute Gasteiger partial charge is 0.255 e. The van der Waals surface area contributed by atoms with E-state index >= 15 is 0 Å². The second kappa shape index (κ2) is 5.51. The summed E-state index contributed by atoms with van der Waals surface area (Å²) >= 11 is 5.70. The molecule has 0 aromatic carbocycles. The second-order valence-electron chi connectivity index (χ2n) is 4.11. The Morgan fingerprint density at radius 3 is 3.06 bits per heavy atom. The first kappa shape index (κ1) is 11.7. The van der Waals surface area contributed by atoms with Gasteiger partial charge in [-0.2, -0.15) is 0 Å². The van der Waals surface area contributed by atoms with Crippen molar-refractivity contribution in [2.75, 3.05) is 6.61 Å². The lowest BCUT2D eigenvalue weighted by Gasteiger charge is -2.23. The molecule has 0 aliphatic carbocycles. The topological polar surface area (TPSA) is 31.2 Å². The molecule has 1 aromatic rings.